The van der Waals surface area contributed by atoms with Crippen molar-refractivity contribution in [1.29, 1.82) is 0 Å². The first-order chi connectivity index (χ1) is 7.92. The van der Waals surface area contributed by atoms with Gasteiger partial charge in [0.2, 0.25) is 0 Å². The Morgan fingerprint density at radius 2 is 1.19 bits per heavy atom. The second kappa shape index (κ2) is 5.13. The first kappa shape index (κ1) is 10.4. The van der Waals surface area contributed by atoms with Gasteiger partial charge in [-0.25, -0.2) is 0 Å². The van der Waals surface area contributed by atoms with E-state index in [0.29, 0.717) is 0 Å². The number of hydrogen-bond acceptors (Lipinski definition) is 0. The van der Waals surface area contributed by atoms with Crippen molar-refractivity contribution in [2.75, 3.05) is 0 Å². The third-order valence-corrected chi connectivity index (χ3v) is 2.43. The van der Waals surface area contributed by atoms with Crippen molar-refractivity contribution in [2.45, 2.75) is 0 Å². The van der Waals surface area contributed by atoms with E-state index in [0.717, 1.165) is 5.57 Å². The van der Waals surface area contributed by atoms with Gasteiger partial charge in [-0.3, -0.25) is 0 Å². The zero-order valence-electron chi connectivity index (χ0n) is 9.01. The van der Waals surface area contributed by atoms with E-state index < -0.39 is 0 Å². The lowest BCUT2D eigenvalue weighted by atomic mass is 9.98. The Bertz CT molecular complexity index is 436. The molecule has 0 aliphatic carbocycles. The molecule has 0 heteroatoms. The van der Waals surface area contributed by atoms with Crippen molar-refractivity contribution >= 4 is 5.57 Å². The van der Waals surface area contributed by atoms with Crippen molar-refractivity contribution in [3.8, 4) is 0 Å². The summed E-state index contributed by atoms with van der Waals surface area (Å²) in [6.45, 7) is 5.50. The minimum Gasteiger partial charge on any atom is -0.0622 e. The van der Waals surface area contributed by atoms with Gasteiger partial charge in [0, 0.05) is 0 Å². The normalized spacial score (nSPS) is 9.50. The summed E-state index contributed by atoms with van der Waals surface area (Å²) < 4.78 is 0. The Kier molecular flexibility index (Phi) is 3.35. The lowest BCUT2D eigenvalue weighted by molar-refractivity contribution is 1.55. The Hall–Kier alpha value is -2.08. The van der Waals surface area contributed by atoms with Crippen LogP contribution in [0.3, 0.4) is 0 Å². The molecule has 16 heavy (non-hydrogen) atoms. The summed E-state index contributed by atoms with van der Waals surface area (Å²) in [4.78, 5) is 0. The largest absolute Gasteiger partial charge is 0.0622 e. The quantitative estimate of drug-likeness (QED) is 0.661. The van der Waals surface area contributed by atoms with Crippen LogP contribution in [0, 0.1) is 6.58 Å². The standard InChI is InChI=1S/C16H13/c1-2-9-16(14-10-5-3-6-11-14)15-12-7-4-8-13-15/h1-13H. The van der Waals surface area contributed by atoms with Gasteiger partial charge in [0.25, 0.3) is 0 Å². The predicted molar refractivity (Wildman–Crippen MR) is 68.8 cm³/mol. The zero-order valence-corrected chi connectivity index (χ0v) is 9.01. The van der Waals surface area contributed by atoms with E-state index in [1.807, 2.05) is 42.5 Å². The molecule has 0 nitrogen and oxygen atoms in total. The summed E-state index contributed by atoms with van der Waals surface area (Å²) >= 11 is 0. The fourth-order valence-corrected chi connectivity index (χ4v) is 1.69. The maximum Gasteiger partial charge on any atom is -0.0111 e. The molecule has 0 bridgehead atoms. The molecule has 0 N–H and O–H groups in total. The van der Waals surface area contributed by atoms with Crippen LogP contribution in [-0.2, 0) is 0 Å². The number of allylic oxidation sites excluding steroid dienone is 2. The Morgan fingerprint density at radius 3 is 1.56 bits per heavy atom. The van der Waals surface area contributed by atoms with Gasteiger partial charge in [0.05, 0.1) is 0 Å². The minimum absolute atomic E-state index is 1.14. The minimum atomic E-state index is 1.14. The summed E-state index contributed by atoms with van der Waals surface area (Å²) in [5.41, 5.74) is 3.49. The summed E-state index contributed by atoms with van der Waals surface area (Å²) in [7, 11) is 0. The predicted octanol–water partition coefficient (Wildman–Crippen LogP) is 4.11. The van der Waals surface area contributed by atoms with Crippen LogP contribution in [0.4, 0.5) is 0 Å². The first-order valence-electron chi connectivity index (χ1n) is 5.28. The Balaban J connectivity index is 2.48. The average molecular weight is 205 g/mol. The maximum atomic E-state index is 5.50. The molecule has 0 unspecified atom stereocenters. The fraction of sp³-hybridized carbons (Fsp3) is 0. The molecule has 0 atom stereocenters. The van der Waals surface area contributed by atoms with Crippen LogP contribution >= 0.6 is 0 Å². The smallest absolute Gasteiger partial charge is 0.0111 e. The highest BCUT2D eigenvalue weighted by Crippen LogP contribution is 2.22. The second-order valence-corrected chi connectivity index (χ2v) is 3.50. The monoisotopic (exact) mass is 205 g/mol. The molecule has 2 rings (SSSR count). The molecule has 0 saturated carbocycles. The van der Waals surface area contributed by atoms with Gasteiger partial charge in [-0.1, -0.05) is 79.4 Å². The number of hydrogen-bond donors (Lipinski definition) is 0. The Labute approximate surface area is 96.6 Å². The highest BCUT2D eigenvalue weighted by Gasteiger charge is 2.01. The highest BCUT2D eigenvalue weighted by molar-refractivity contribution is 5.80. The van der Waals surface area contributed by atoms with Gasteiger partial charge in [-0.15, -0.1) is 0 Å². The van der Waals surface area contributed by atoms with Gasteiger partial charge in [-0.05, 0) is 16.7 Å². The highest BCUT2D eigenvalue weighted by atomic mass is 14.1. The molecular formula is C16H13. The molecule has 0 fully saturated rings. The SMILES string of the molecule is [CH]=CC=C(c1ccccc1)c1ccccc1. The van der Waals surface area contributed by atoms with Crippen molar-refractivity contribution in [3.63, 3.8) is 0 Å². The summed E-state index contributed by atoms with van der Waals surface area (Å²) in [6.07, 6.45) is 3.51. The molecule has 0 spiro atoms. The van der Waals surface area contributed by atoms with Gasteiger partial charge in [-0.2, -0.15) is 0 Å². The number of rotatable bonds is 3. The van der Waals surface area contributed by atoms with Crippen molar-refractivity contribution in [2.24, 2.45) is 0 Å². The third-order valence-electron chi connectivity index (χ3n) is 2.43. The molecule has 2 aromatic rings. The molecule has 77 valence electrons. The molecule has 0 amide bonds. The second-order valence-electron chi connectivity index (χ2n) is 3.50. The van der Waals surface area contributed by atoms with Crippen molar-refractivity contribution in [1.82, 2.24) is 0 Å². The van der Waals surface area contributed by atoms with Crippen molar-refractivity contribution < 1.29 is 0 Å². The van der Waals surface area contributed by atoms with Crippen LogP contribution in [0.2, 0.25) is 0 Å². The molecular weight excluding hydrogens is 192 g/mol. The van der Waals surface area contributed by atoms with E-state index in [1.54, 1.807) is 6.08 Å². The van der Waals surface area contributed by atoms with Crippen molar-refractivity contribution in [3.05, 3.63) is 90.5 Å². The van der Waals surface area contributed by atoms with E-state index in [-0.39, 0.29) is 0 Å². The lowest BCUT2D eigenvalue weighted by Gasteiger charge is -2.07. The average Bonchev–Trinajstić information content (AvgIpc) is 2.38. The van der Waals surface area contributed by atoms with Crippen LogP contribution in [0.25, 0.3) is 5.57 Å². The lowest BCUT2D eigenvalue weighted by Crippen LogP contribution is -1.86. The summed E-state index contributed by atoms with van der Waals surface area (Å²) in [6, 6.07) is 20.5. The molecule has 0 aromatic heterocycles. The van der Waals surface area contributed by atoms with E-state index in [9.17, 15) is 0 Å². The topological polar surface area (TPSA) is 0 Å². The zero-order chi connectivity index (χ0) is 11.2. The molecule has 0 saturated heterocycles. The fourth-order valence-electron chi connectivity index (χ4n) is 1.69. The maximum absolute atomic E-state index is 5.50. The van der Waals surface area contributed by atoms with E-state index >= 15 is 0 Å². The molecule has 0 heterocycles. The number of benzene rings is 2. The van der Waals surface area contributed by atoms with Gasteiger partial charge >= 0.3 is 0 Å². The van der Waals surface area contributed by atoms with E-state index in [2.05, 4.69) is 24.3 Å². The summed E-state index contributed by atoms with van der Waals surface area (Å²) in [5.74, 6) is 0. The van der Waals surface area contributed by atoms with Gasteiger partial charge in [0.1, 0.15) is 0 Å². The van der Waals surface area contributed by atoms with Crippen LogP contribution in [0.1, 0.15) is 11.1 Å². The van der Waals surface area contributed by atoms with E-state index in [1.165, 1.54) is 11.1 Å². The molecule has 0 aliphatic heterocycles. The first-order valence-corrected chi connectivity index (χ1v) is 5.28. The van der Waals surface area contributed by atoms with Crippen LogP contribution in [0.15, 0.2) is 72.8 Å². The van der Waals surface area contributed by atoms with Crippen LogP contribution in [0.5, 0.6) is 0 Å². The third kappa shape index (κ3) is 2.29. The van der Waals surface area contributed by atoms with Gasteiger partial charge in [0.15, 0.2) is 0 Å². The summed E-state index contributed by atoms with van der Waals surface area (Å²) in [5, 5.41) is 0. The van der Waals surface area contributed by atoms with Crippen LogP contribution in [-0.4, -0.2) is 0 Å². The molecule has 2 aromatic carbocycles. The van der Waals surface area contributed by atoms with Crippen LogP contribution < -0.4 is 0 Å². The molecule has 0 aliphatic rings. The molecule has 1 radical (unpaired) electrons. The Morgan fingerprint density at radius 1 is 0.750 bits per heavy atom. The van der Waals surface area contributed by atoms with E-state index in [4.69, 9.17) is 6.58 Å². The van der Waals surface area contributed by atoms with Gasteiger partial charge < -0.3 is 0 Å².